The molecule has 17 heavy (non-hydrogen) atoms. The quantitative estimate of drug-likeness (QED) is 0.203. The Labute approximate surface area is 101 Å². The minimum atomic E-state index is 0.479. The number of hydrogen-bond acceptors (Lipinski definition) is 4. The Morgan fingerprint density at radius 2 is 2.47 bits per heavy atom. The Kier molecular flexibility index (Phi) is 5.54. The molecule has 0 unspecified atom stereocenters. The maximum absolute atomic E-state index is 8.41. The topological polar surface area (TPSA) is 90.1 Å². The van der Waals surface area contributed by atoms with Gasteiger partial charge in [-0.3, -0.25) is 10.3 Å². The molecule has 92 valence electrons. The molecule has 1 aromatic rings. The zero-order valence-corrected chi connectivity index (χ0v) is 10.1. The zero-order valence-electron chi connectivity index (χ0n) is 10.1. The van der Waals surface area contributed by atoms with Crippen molar-refractivity contribution in [1.82, 2.24) is 25.5 Å². The first kappa shape index (κ1) is 13.0. The van der Waals surface area contributed by atoms with Gasteiger partial charge < -0.3 is 15.2 Å². The van der Waals surface area contributed by atoms with E-state index in [1.807, 2.05) is 24.0 Å². The van der Waals surface area contributed by atoms with Gasteiger partial charge in [0.25, 0.3) is 0 Å². The van der Waals surface area contributed by atoms with Crippen LogP contribution in [-0.4, -0.2) is 35.6 Å². The van der Waals surface area contributed by atoms with Crippen LogP contribution in [0.1, 0.15) is 5.69 Å². The van der Waals surface area contributed by atoms with Crippen LogP contribution in [-0.2, 0) is 13.6 Å². The van der Waals surface area contributed by atoms with Crippen LogP contribution < -0.4 is 16.0 Å². The fourth-order valence-electron chi connectivity index (χ4n) is 1.26. The van der Waals surface area contributed by atoms with E-state index in [0.717, 1.165) is 18.8 Å². The normalized spacial score (nSPS) is 11.0. The molecule has 7 heteroatoms. The number of guanidine groups is 1. The summed E-state index contributed by atoms with van der Waals surface area (Å²) in [6, 6.07) is 0. The Balaban J connectivity index is 2.18. The van der Waals surface area contributed by atoms with E-state index in [1.54, 1.807) is 13.4 Å². The highest BCUT2D eigenvalue weighted by Gasteiger charge is 1.95. The van der Waals surface area contributed by atoms with Crippen molar-refractivity contribution in [3.8, 4) is 6.19 Å². The molecule has 0 aliphatic heterocycles. The SMILES string of the molecule is CN/C(=N/CCNCc1cn(C)cn1)NC#N. The second kappa shape index (κ2) is 7.24. The molecule has 1 heterocycles. The molecule has 0 aliphatic carbocycles. The molecule has 0 fully saturated rings. The van der Waals surface area contributed by atoms with E-state index in [2.05, 4.69) is 25.9 Å². The van der Waals surface area contributed by atoms with Crippen molar-refractivity contribution in [2.45, 2.75) is 6.54 Å². The van der Waals surface area contributed by atoms with Crippen molar-refractivity contribution < 1.29 is 0 Å². The standard InChI is InChI=1S/C10H17N7/c1-12-10(15-7-11)14-4-3-13-5-9-6-17(2)8-16-9/h6,8,13H,3-5H2,1-2H3,(H2,12,14,15). The van der Waals surface area contributed by atoms with Gasteiger partial charge >= 0.3 is 0 Å². The molecule has 0 aromatic carbocycles. The van der Waals surface area contributed by atoms with Gasteiger partial charge in [0, 0.05) is 33.4 Å². The van der Waals surface area contributed by atoms with Gasteiger partial charge in [-0.2, -0.15) is 5.26 Å². The van der Waals surface area contributed by atoms with Crippen molar-refractivity contribution >= 4 is 5.96 Å². The zero-order chi connectivity index (χ0) is 12.5. The third-order valence-corrected chi connectivity index (χ3v) is 2.03. The number of nitriles is 1. The van der Waals surface area contributed by atoms with Crippen LogP contribution in [0.15, 0.2) is 17.5 Å². The minimum absolute atomic E-state index is 0.479. The largest absolute Gasteiger partial charge is 0.359 e. The van der Waals surface area contributed by atoms with Crippen LogP contribution in [0.25, 0.3) is 0 Å². The van der Waals surface area contributed by atoms with Gasteiger partial charge in [-0.1, -0.05) is 0 Å². The molecule has 0 aliphatic rings. The summed E-state index contributed by atoms with van der Waals surface area (Å²) in [5.74, 6) is 0.479. The molecule has 0 radical (unpaired) electrons. The summed E-state index contributed by atoms with van der Waals surface area (Å²) in [4.78, 5) is 8.34. The van der Waals surface area contributed by atoms with E-state index < -0.39 is 0 Å². The van der Waals surface area contributed by atoms with E-state index in [1.165, 1.54) is 0 Å². The Morgan fingerprint density at radius 3 is 3.06 bits per heavy atom. The summed E-state index contributed by atoms with van der Waals surface area (Å²) in [6.07, 6.45) is 5.55. The van der Waals surface area contributed by atoms with E-state index in [0.29, 0.717) is 12.5 Å². The molecule has 0 bridgehead atoms. The molecule has 0 spiro atoms. The first-order chi connectivity index (χ1) is 8.26. The fraction of sp³-hybridized carbons (Fsp3) is 0.500. The first-order valence-electron chi connectivity index (χ1n) is 5.31. The third kappa shape index (κ3) is 4.99. The molecule has 1 rings (SSSR count). The highest BCUT2D eigenvalue weighted by atomic mass is 15.2. The molecule has 0 saturated heterocycles. The molecule has 3 N–H and O–H groups in total. The summed E-state index contributed by atoms with van der Waals surface area (Å²) in [7, 11) is 3.65. The van der Waals surface area contributed by atoms with Crippen LogP contribution in [0.2, 0.25) is 0 Å². The number of aromatic nitrogens is 2. The van der Waals surface area contributed by atoms with Gasteiger partial charge in [0.15, 0.2) is 6.19 Å². The van der Waals surface area contributed by atoms with Crippen molar-refractivity contribution in [3.05, 3.63) is 18.2 Å². The Bertz CT molecular complexity index is 401. The van der Waals surface area contributed by atoms with Crippen LogP contribution >= 0.6 is 0 Å². The number of aryl methyl sites for hydroxylation is 1. The average Bonchev–Trinajstić information content (AvgIpc) is 2.73. The highest BCUT2D eigenvalue weighted by Crippen LogP contribution is 1.91. The average molecular weight is 235 g/mol. The Morgan fingerprint density at radius 1 is 1.65 bits per heavy atom. The number of aliphatic imine (C=N–C) groups is 1. The first-order valence-corrected chi connectivity index (χ1v) is 5.31. The molecular formula is C10H17N7. The Hall–Kier alpha value is -2.07. The lowest BCUT2D eigenvalue weighted by Gasteiger charge is -2.03. The summed E-state index contributed by atoms with van der Waals surface area (Å²) in [6.45, 7) is 2.05. The highest BCUT2D eigenvalue weighted by molar-refractivity contribution is 5.80. The van der Waals surface area contributed by atoms with Crippen LogP contribution in [0.4, 0.5) is 0 Å². The molecule has 1 aromatic heterocycles. The smallest absolute Gasteiger partial charge is 0.204 e. The summed E-state index contributed by atoms with van der Waals surface area (Å²) in [5.41, 5.74) is 1.00. The predicted octanol–water partition coefficient (Wildman–Crippen LogP) is -0.844. The molecule has 7 nitrogen and oxygen atoms in total. The van der Waals surface area contributed by atoms with E-state index in [9.17, 15) is 0 Å². The van der Waals surface area contributed by atoms with Crippen LogP contribution in [0.5, 0.6) is 0 Å². The van der Waals surface area contributed by atoms with Gasteiger partial charge in [-0.05, 0) is 0 Å². The van der Waals surface area contributed by atoms with E-state index >= 15 is 0 Å². The maximum Gasteiger partial charge on any atom is 0.204 e. The molecule has 0 amide bonds. The number of hydrogen-bond donors (Lipinski definition) is 3. The second-order valence-electron chi connectivity index (χ2n) is 3.42. The van der Waals surface area contributed by atoms with Gasteiger partial charge in [-0.25, -0.2) is 4.98 Å². The summed E-state index contributed by atoms with van der Waals surface area (Å²) >= 11 is 0. The fourth-order valence-corrected chi connectivity index (χ4v) is 1.26. The molecular weight excluding hydrogens is 218 g/mol. The second-order valence-corrected chi connectivity index (χ2v) is 3.42. The summed E-state index contributed by atoms with van der Waals surface area (Å²) < 4.78 is 1.91. The minimum Gasteiger partial charge on any atom is -0.359 e. The van der Waals surface area contributed by atoms with E-state index in [-0.39, 0.29) is 0 Å². The van der Waals surface area contributed by atoms with Gasteiger partial charge in [0.1, 0.15) is 0 Å². The van der Waals surface area contributed by atoms with Crippen LogP contribution in [0.3, 0.4) is 0 Å². The molecule has 0 atom stereocenters. The third-order valence-electron chi connectivity index (χ3n) is 2.03. The van der Waals surface area contributed by atoms with Crippen molar-refractivity contribution in [2.24, 2.45) is 12.0 Å². The van der Waals surface area contributed by atoms with Crippen molar-refractivity contribution in [1.29, 1.82) is 5.26 Å². The lowest BCUT2D eigenvalue weighted by molar-refractivity contribution is 0.683. The monoisotopic (exact) mass is 235 g/mol. The maximum atomic E-state index is 8.41. The summed E-state index contributed by atoms with van der Waals surface area (Å²) in [5, 5.41) is 16.9. The predicted molar refractivity (Wildman–Crippen MR) is 65.0 cm³/mol. The van der Waals surface area contributed by atoms with Gasteiger partial charge in [0.2, 0.25) is 5.96 Å². The number of nitrogens with zero attached hydrogens (tertiary/aromatic N) is 4. The van der Waals surface area contributed by atoms with Gasteiger partial charge in [-0.15, -0.1) is 0 Å². The van der Waals surface area contributed by atoms with Crippen LogP contribution in [0, 0.1) is 11.5 Å². The van der Waals surface area contributed by atoms with Gasteiger partial charge in [0.05, 0.1) is 18.6 Å². The number of imidazole rings is 1. The number of nitrogens with one attached hydrogen (secondary N) is 3. The lowest BCUT2D eigenvalue weighted by Crippen LogP contribution is -2.32. The number of rotatable bonds is 5. The van der Waals surface area contributed by atoms with Crippen molar-refractivity contribution in [2.75, 3.05) is 20.1 Å². The molecule has 0 saturated carbocycles. The van der Waals surface area contributed by atoms with Crippen molar-refractivity contribution in [3.63, 3.8) is 0 Å². The van der Waals surface area contributed by atoms with E-state index in [4.69, 9.17) is 5.26 Å². The lowest BCUT2D eigenvalue weighted by atomic mass is 10.4.